The Hall–Kier alpha value is -1.73. The van der Waals surface area contributed by atoms with Gasteiger partial charge in [0.1, 0.15) is 0 Å². The van der Waals surface area contributed by atoms with Crippen LogP contribution in [0.2, 0.25) is 0 Å². The minimum Gasteiger partial charge on any atom is -0.378 e. The van der Waals surface area contributed by atoms with E-state index in [1.54, 1.807) is 0 Å². The van der Waals surface area contributed by atoms with Crippen LogP contribution >= 0.6 is 11.3 Å². The number of unbranched alkanes of at least 4 members (excludes halogenated alkanes) is 4. The van der Waals surface area contributed by atoms with Crippen molar-refractivity contribution in [1.82, 2.24) is 15.0 Å². The highest BCUT2D eigenvalue weighted by atomic mass is 32.1. The van der Waals surface area contributed by atoms with Crippen molar-refractivity contribution in [2.45, 2.75) is 45.4 Å². The van der Waals surface area contributed by atoms with Crippen LogP contribution in [-0.4, -0.2) is 54.3 Å². The molecule has 0 bridgehead atoms. The lowest BCUT2D eigenvalue weighted by molar-refractivity contribution is 0.122. The average Bonchev–Trinajstić information content (AvgIpc) is 3.24. The van der Waals surface area contributed by atoms with Crippen LogP contribution < -0.4 is 9.80 Å². The fourth-order valence-corrected chi connectivity index (χ4v) is 3.78. The van der Waals surface area contributed by atoms with Crippen LogP contribution in [0, 0.1) is 5.51 Å². The summed E-state index contributed by atoms with van der Waals surface area (Å²) in [4.78, 5) is 18.2. The summed E-state index contributed by atoms with van der Waals surface area (Å²) in [5.41, 5.74) is 5.11. The fourth-order valence-electron chi connectivity index (χ4n) is 3.25. The zero-order valence-corrected chi connectivity index (χ0v) is 17.1. The van der Waals surface area contributed by atoms with Gasteiger partial charge in [-0.25, -0.2) is 15.0 Å². The van der Waals surface area contributed by atoms with Gasteiger partial charge in [0.25, 0.3) is 0 Å². The quantitative estimate of drug-likeness (QED) is 0.548. The van der Waals surface area contributed by atoms with Crippen LogP contribution in [0.3, 0.4) is 0 Å². The lowest BCUT2D eigenvalue weighted by Crippen LogP contribution is -2.36. The van der Waals surface area contributed by atoms with E-state index < -0.39 is 0 Å². The number of rotatable bonds is 11. The molecule has 0 saturated carbocycles. The standard InChI is InChI=1S/C20H30N5OS/c1-2-3-4-5-6-8-25(9-7-18-16-27-17-23-18)20-21-14-19(15-22-20)24-10-12-26-13-11-24/h14-16H,2-13H2,1H3. The molecule has 0 unspecified atom stereocenters. The van der Waals surface area contributed by atoms with Gasteiger partial charge < -0.3 is 14.5 Å². The first-order valence-corrected chi connectivity index (χ1v) is 10.9. The van der Waals surface area contributed by atoms with E-state index in [2.05, 4.69) is 42.6 Å². The van der Waals surface area contributed by atoms with Gasteiger partial charge in [0.2, 0.25) is 5.95 Å². The van der Waals surface area contributed by atoms with E-state index in [0.717, 1.165) is 63.1 Å². The minimum absolute atomic E-state index is 0.774. The van der Waals surface area contributed by atoms with Gasteiger partial charge in [-0.05, 0) is 6.42 Å². The summed E-state index contributed by atoms with van der Waals surface area (Å²) in [6.45, 7) is 7.50. The normalized spacial score (nSPS) is 14.5. The van der Waals surface area contributed by atoms with Gasteiger partial charge in [0, 0.05) is 38.0 Å². The lowest BCUT2D eigenvalue weighted by atomic mass is 10.1. The molecule has 3 rings (SSSR count). The molecule has 1 aliphatic heterocycles. The number of nitrogens with zero attached hydrogens (tertiary/aromatic N) is 5. The predicted octanol–water partition coefficient (Wildman–Crippen LogP) is 3.59. The molecular formula is C20H30N5OS. The van der Waals surface area contributed by atoms with Gasteiger partial charge in [0.15, 0.2) is 5.51 Å². The summed E-state index contributed by atoms with van der Waals surface area (Å²) in [6.07, 6.45) is 11.2. The fraction of sp³-hybridized carbons (Fsp3) is 0.650. The molecule has 0 N–H and O–H groups in total. The Morgan fingerprint density at radius 1 is 1.11 bits per heavy atom. The average molecular weight is 389 g/mol. The maximum Gasteiger partial charge on any atom is 0.225 e. The molecule has 1 fully saturated rings. The predicted molar refractivity (Wildman–Crippen MR) is 111 cm³/mol. The molecule has 7 heteroatoms. The number of morpholine rings is 1. The summed E-state index contributed by atoms with van der Waals surface area (Å²) in [5.74, 6) is 0.821. The highest BCUT2D eigenvalue weighted by Crippen LogP contribution is 2.17. The second-order valence-electron chi connectivity index (χ2n) is 6.92. The van der Waals surface area contributed by atoms with Crippen LogP contribution in [-0.2, 0) is 11.2 Å². The van der Waals surface area contributed by atoms with Gasteiger partial charge >= 0.3 is 0 Å². The number of ether oxygens (including phenoxy) is 1. The van der Waals surface area contributed by atoms with E-state index in [-0.39, 0.29) is 0 Å². The summed E-state index contributed by atoms with van der Waals surface area (Å²) >= 11 is 1.53. The first-order valence-electron chi connectivity index (χ1n) is 10.1. The molecule has 147 valence electrons. The molecule has 0 atom stereocenters. The van der Waals surface area contributed by atoms with Gasteiger partial charge in [-0.1, -0.05) is 32.6 Å². The maximum absolute atomic E-state index is 5.42. The highest BCUT2D eigenvalue weighted by Gasteiger charge is 2.14. The Labute approximate surface area is 166 Å². The Morgan fingerprint density at radius 3 is 2.59 bits per heavy atom. The third-order valence-corrected chi connectivity index (χ3v) is 5.48. The van der Waals surface area contributed by atoms with E-state index in [4.69, 9.17) is 4.74 Å². The van der Waals surface area contributed by atoms with Gasteiger partial charge in [-0.2, -0.15) is 0 Å². The van der Waals surface area contributed by atoms with Crippen LogP contribution in [0.1, 0.15) is 44.7 Å². The van der Waals surface area contributed by atoms with E-state index in [1.807, 2.05) is 12.4 Å². The first-order chi connectivity index (χ1) is 13.4. The van der Waals surface area contributed by atoms with Crippen molar-refractivity contribution in [1.29, 1.82) is 0 Å². The Kier molecular flexibility index (Phi) is 8.30. The molecule has 0 amide bonds. The van der Waals surface area contributed by atoms with Gasteiger partial charge in [-0.3, -0.25) is 0 Å². The summed E-state index contributed by atoms with van der Waals surface area (Å²) in [6, 6.07) is 0. The van der Waals surface area contributed by atoms with Crippen molar-refractivity contribution >= 4 is 23.0 Å². The van der Waals surface area contributed by atoms with Crippen LogP contribution in [0.4, 0.5) is 11.6 Å². The number of thiazole rings is 1. The zero-order valence-electron chi connectivity index (χ0n) is 16.3. The molecule has 0 aromatic carbocycles. The highest BCUT2D eigenvalue weighted by molar-refractivity contribution is 7.07. The maximum atomic E-state index is 5.42. The largest absolute Gasteiger partial charge is 0.378 e. The second kappa shape index (κ2) is 11.2. The molecule has 27 heavy (non-hydrogen) atoms. The van der Waals surface area contributed by atoms with E-state index in [9.17, 15) is 0 Å². The van der Waals surface area contributed by atoms with Crippen molar-refractivity contribution in [3.05, 3.63) is 29.0 Å². The first kappa shape index (κ1) is 20.0. The van der Waals surface area contributed by atoms with Crippen molar-refractivity contribution in [3.63, 3.8) is 0 Å². The molecule has 6 nitrogen and oxygen atoms in total. The topological polar surface area (TPSA) is 54.4 Å². The van der Waals surface area contributed by atoms with Crippen molar-refractivity contribution in [3.8, 4) is 0 Å². The van der Waals surface area contributed by atoms with Crippen molar-refractivity contribution in [2.75, 3.05) is 49.2 Å². The summed E-state index contributed by atoms with van der Waals surface area (Å²) in [5, 5.41) is 2.07. The van der Waals surface area contributed by atoms with E-state index in [0.29, 0.717) is 0 Å². The third kappa shape index (κ3) is 6.43. The van der Waals surface area contributed by atoms with Crippen molar-refractivity contribution in [2.24, 2.45) is 0 Å². The number of aromatic nitrogens is 3. The third-order valence-electron chi connectivity index (χ3n) is 4.89. The molecule has 1 aliphatic rings. The molecule has 1 radical (unpaired) electrons. The number of hydrogen-bond acceptors (Lipinski definition) is 7. The Bertz CT molecular complexity index is 628. The van der Waals surface area contributed by atoms with Gasteiger partial charge in [0.05, 0.1) is 37.0 Å². The summed E-state index contributed by atoms with van der Waals surface area (Å²) in [7, 11) is 0. The minimum atomic E-state index is 0.774. The lowest BCUT2D eigenvalue weighted by Gasteiger charge is -2.29. The molecule has 0 spiro atoms. The van der Waals surface area contributed by atoms with Crippen molar-refractivity contribution < 1.29 is 4.74 Å². The molecule has 1 saturated heterocycles. The number of hydrogen-bond donors (Lipinski definition) is 0. The van der Waals surface area contributed by atoms with Crippen LogP contribution in [0.5, 0.6) is 0 Å². The molecular weight excluding hydrogens is 358 g/mol. The SMILES string of the molecule is CCCCCCCN(CCc1cs[c]n1)c1ncc(N2CCOCC2)cn1. The number of anilines is 2. The molecule has 2 aromatic rings. The summed E-state index contributed by atoms with van der Waals surface area (Å²) < 4.78 is 5.42. The molecule has 3 heterocycles. The van der Waals surface area contributed by atoms with Crippen LogP contribution in [0.15, 0.2) is 17.8 Å². The Balaban J connectivity index is 1.59. The molecule has 2 aromatic heterocycles. The van der Waals surface area contributed by atoms with E-state index >= 15 is 0 Å². The smallest absolute Gasteiger partial charge is 0.225 e. The molecule has 0 aliphatic carbocycles. The van der Waals surface area contributed by atoms with E-state index in [1.165, 1.54) is 43.4 Å². The Morgan fingerprint density at radius 2 is 1.89 bits per heavy atom. The zero-order chi connectivity index (χ0) is 18.7. The van der Waals surface area contributed by atoms with Gasteiger partial charge in [-0.15, -0.1) is 11.3 Å². The van der Waals surface area contributed by atoms with Crippen LogP contribution in [0.25, 0.3) is 0 Å². The monoisotopic (exact) mass is 388 g/mol. The second-order valence-corrected chi connectivity index (χ2v) is 7.58.